The van der Waals surface area contributed by atoms with Crippen LogP contribution in [0.3, 0.4) is 0 Å². The fourth-order valence-electron chi connectivity index (χ4n) is 4.36. The average molecular weight is 423 g/mol. The molecule has 5 rings (SSSR count). The summed E-state index contributed by atoms with van der Waals surface area (Å²) in [7, 11) is -3.64. The molecule has 4 nitrogen and oxygen atoms in total. The van der Waals surface area contributed by atoms with Gasteiger partial charge in [0.2, 0.25) is 0 Å². The number of nitrogens with one attached hydrogen (secondary N) is 2. The monoisotopic (exact) mass is 422 g/mol. The topological polar surface area (TPSA) is 58.2 Å². The van der Waals surface area contributed by atoms with Crippen molar-refractivity contribution in [3.63, 3.8) is 0 Å². The van der Waals surface area contributed by atoms with Gasteiger partial charge in [-0.2, -0.15) is 0 Å². The van der Waals surface area contributed by atoms with Crippen LogP contribution in [-0.4, -0.2) is 8.42 Å². The Hall–Kier alpha value is -2.57. The van der Waals surface area contributed by atoms with E-state index in [1.165, 1.54) is 9.75 Å². The van der Waals surface area contributed by atoms with Crippen molar-refractivity contribution in [2.75, 3.05) is 10.0 Å². The van der Waals surface area contributed by atoms with E-state index in [4.69, 9.17) is 0 Å². The number of thiophene rings is 1. The lowest BCUT2D eigenvalue weighted by molar-refractivity contribution is 0.429. The maximum atomic E-state index is 12.9. The number of hydrogen-bond donors (Lipinski definition) is 2. The van der Waals surface area contributed by atoms with Gasteiger partial charge < -0.3 is 5.32 Å². The van der Waals surface area contributed by atoms with Crippen LogP contribution in [0, 0.1) is 12.8 Å². The van der Waals surface area contributed by atoms with Gasteiger partial charge in [0.15, 0.2) is 0 Å². The van der Waals surface area contributed by atoms with E-state index in [0.717, 1.165) is 17.7 Å². The molecule has 2 heterocycles. The van der Waals surface area contributed by atoms with Crippen LogP contribution < -0.4 is 10.0 Å². The molecule has 6 heteroatoms. The number of para-hydroxylation sites is 1. The van der Waals surface area contributed by atoms with E-state index < -0.39 is 10.0 Å². The lowest BCUT2D eigenvalue weighted by Crippen LogP contribution is -2.28. The molecule has 148 valence electrons. The third-order valence-electron chi connectivity index (χ3n) is 5.74. The molecular formula is C23H22N2O2S2. The first-order chi connectivity index (χ1) is 14.0. The van der Waals surface area contributed by atoms with Crippen molar-refractivity contribution in [1.82, 2.24) is 0 Å². The summed E-state index contributed by atoms with van der Waals surface area (Å²) >= 11 is 1.83. The van der Waals surface area contributed by atoms with Gasteiger partial charge in [-0.25, -0.2) is 8.42 Å². The summed E-state index contributed by atoms with van der Waals surface area (Å²) in [5, 5.41) is 3.68. The summed E-state index contributed by atoms with van der Waals surface area (Å²) in [6, 6.07) is 19.0. The summed E-state index contributed by atoms with van der Waals surface area (Å²) in [5.74, 6) is 0.631. The fourth-order valence-corrected chi connectivity index (χ4v) is 6.46. The molecule has 1 aliphatic heterocycles. The number of aryl methyl sites for hydroxylation is 1. The molecule has 3 aromatic rings. The second-order valence-electron chi connectivity index (χ2n) is 7.64. The third kappa shape index (κ3) is 3.36. The third-order valence-corrected chi connectivity index (χ3v) is 8.20. The Balaban J connectivity index is 1.50. The Morgan fingerprint density at radius 2 is 1.90 bits per heavy atom. The van der Waals surface area contributed by atoms with Gasteiger partial charge in [0.25, 0.3) is 10.0 Å². The first kappa shape index (κ1) is 18.5. The van der Waals surface area contributed by atoms with E-state index >= 15 is 0 Å². The van der Waals surface area contributed by atoms with Crippen molar-refractivity contribution in [2.45, 2.75) is 30.2 Å². The highest BCUT2D eigenvalue weighted by Crippen LogP contribution is 2.51. The van der Waals surface area contributed by atoms with E-state index in [2.05, 4.69) is 41.2 Å². The van der Waals surface area contributed by atoms with E-state index in [9.17, 15) is 8.42 Å². The number of allylic oxidation sites excluding steroid dienone is 2. The van der Waals surface area contributed by atoms with Gasteiger partial charge in [-0.3, -0.25) is 4.72 Å². The number of benzene rings is 2. The Labute approximate surface area is 175 Å². The van der Waals surface area contributed by atoms with Crippen molar-refractivity contribution in [2.24, 2.45) is 5.92 Å². The molecule has 0 radical (unpaired) electrons. The molecular weight excluding hydrogens is 400 g/mol. The lowest BCUT2D eigenvalue weighted by atomic mass is 9.79. The molecule has 1 aliphatic carbocycles. The van der Waals surface area contributed by atoms with Crippen LogP contribution in [0.25, 0.3) is 0 Å². The van der Waals surface area contributed by atoms with Crippen molar-refractivity contribution in [3.05, 3.63) is 88.1 Å². The minimum Gasteiger partial charge on any atom is -0.377 e. The maximum Gasteiger partial charge on any atom is 0.261 e. The van der Waals surface area contributed by atoms with Crippen molar-refractivity contribution < 1.29 is 8.42 Å². The first-order valence-corrected chi connectivity index (χ1v) is 12.0. The molecule has 0 fully saturated rings. The molecule has 0 saturated heterocycles. The average Bonchev–Trinajstić information content (AvgIpc) is 3.37. The zero-order valence-electron chi connectivity index (χ0n) is 16.0. The molecule has 3 atom stereocenters. The number of anilines is 2. The minimum atomic E-state index is -3.64. The van der Waals surface area contributed by atoms with Crippen molar-refractivity contribution >= 4 is 32.7 Å². The normalized spacial score (nSPS) is 22.6. The highest BCUT2D eigenvalue weighted by atomic mass is 32.2. The largest absolute Gasteiger partial charge is 0.377 e. The lowest BCUT2D eigenvalue weighted by Gasteiger charge is -2.37. The van der Waals surface area contributed by atoms with Crippen LogP contribution >= 0.6 is 11.3 Å². The van der Waals surface area contributed by atoms with Gasteiger partial charge in [-0.1, -0.05) is 30.4 Å². The Morgan fingerprint density at radius 1 is 1.07 bits per heavy atom. The summed E-state index contributed by atoms with van der Waals surface area (Å²) < 4.78 is 28.5. The van der Waals surface area contributed by atoms with E-state index in [0.29, 0.717) is 16.5 Å². The maximum absolute atomic E-state index is 12.9. The fraction of sp³-hybridized carbons (Fsp3) is 0.217. The van der Waals surface area contributed by atoms with Crippen LogP contribution in [0.5, 0.6) is 0 Å². The predicted octanol–water partition coefficient (Wildman–Crippen LogP) is 5.68. The van der Waals surface area contributed by atoms with Crippen LogP contribution in [0.15, 0.2) is 77.7 Å². The second kappa shape index (κ2) is 7.04. The number of sulfonamides is 1. The summed E-state index contributed by atoms with van der Waals surface area (Å²) in [4.78, 5) is 2.95. The first-order valence-electron chi connectivity index (χ1n) is 9.73. The predicted molar refractivity (Wildman–Crippen MR) is 119 cm³/mol. The molecule has 0 amide bonds. The van der Waals surface area contributed by atoms with Crippen LogP contribution in [0.4, 0.5) is 11.4 Å². The van der Waals surface area contributed by atoms with E-state index in [1.54, 1.807) is 18.2 Å². The quantitative estimate of drug-likeness (QED) is 0.532. The summed E-state index contributed by atoms with van der Waals surface area (Å²) in [5.41, 5.74) is 2.65. The van der Waals surface area contributed by atoms with Gasteiger partial charge in [0, 0.05) is 27.0 Å². The second-order valence-corrected chi connectivity index (χ2v) is 10.6. The highest BCUT2D eigenvalue weighted by molar-refractivity contribution is 7.92. The van der Waals surface area contributed by atoms with Crippen LogP contribution in [-0.2, 0) is 10.0 Å². The molecule has 2 N–H and O–H groups in total. The van der Waals surface area contributed by atoms with Gasteiger partial charge in [-0.05, 0) is 67.3 Å². The minimum absolute atomic E-state index is 0.227. The van der Waals surface area contributed by atoms with Gasteiger partial charge in [-0.15, -0.1) is 11.3 Å². The number of hydrogen-bond acceptors (Lipinski definition) is 4. The molecule has 2 aromatic carbocycles. The van der Waals surface area contributed by atoms with E-state index in [-0.39, 0.29) is 12.0 Å². The zero-order chi connectivity index (χ0) is 20.0. The SMILES string of the molecule is Cc1ccc(C2Nc3ccc(S(=O)(=O)Nc4ccccc4)cc3C3C=CCC32)s1. The summed E-state index contributed by atoms with van der Waals surface area (Å²) in [6.07, 6.45) is 5.46. The molecule has 0 bridgehead atoms. The Kier molecular flexibility index (Phi) is 4.48. The highest BCUT2D eigenvalue weighted by Gasteiger charge is 2.39. The molecule has 29 heavy (non-hydrogen) atoms. The molecule has 1 aromatic heterocycles. The zero-order valence-corrected chi connectivity index (χ0v) is 17.6. The Bertz CT molecular complexity index is 1180. The van der Waals surface area contributed by atoms with Crippen molar-refractivity contribution in [3.8, 4) is 0 Å². The Morgan fingerprint density at radius 3 is 2.66 bits per heavy atom. The molecule has 0 saturated carbocycles. The number of fused-ring (bicyclic) bond motifs is 3. The summed E-state index contributed by atoms with van der Waals surface area (Å²) in [6.45, 7) is 2.13. The smallest absolute Gasteiger partial charge is 0.261 e. The molecule has 3 unspecified atom stereocenters. The van der Waals surface area contributed by atoms with Gasteiger partial charge in [0.1, 0.15) is 0 Å². The van der Waals surface area contributed by atoms with Gasteiger partial charge >= 0.3 is 0 Å². The van der Waals surface area contributed by atoms with Crippen LogP contribution in [0.1, 0.15) is 33.7 Å². The van der Waals surface area contributed by atoms with Crippen LogP contribution in [0.2, 0.25) is 0 Å². The van der Waals surface area contributed by atoms with Crippen molar-refractivity contribution in [1.29, 1.82) is 0 Å². The molecule has 0 spiro atoms. The van der Waals surface area contributed by atoms with Gasteiger partial charge in [0.05, 0.1) is 10.9 Å². The molecule has 2 aliphatic rings. The standard InChI is InChI=1S/C23H22N2O2S2/c1-15-10-13-22(28-15)23-19-9-5-8-18(19)20-14-17(11-12-21(20)24-23)29(26,27)25-16-6-3-2-4-7-16/h2-8,10-14,18-19,23-25H,9H2,1H3. The van der Waals surface area contributed by atoms with E-state index in [1.807, 2.05) is 41.7 Å². The number of rotatable bonds is 4.